The fourth-order valence-corrected chi connectivity index (χ4v) is 3.64. The summed E-state index contributed by atoms with van der Waals surface area (Å²) in [6.45, 7) is 3.41. The number of hydrogen-bond donors (Lipinski definition) is 0. The molecule has 6 nitrogen and oxygen atoms in total. The maximum Gasteiger partial charge on any atom is 0.253 e. The van der Waals surface area contributed by atoms with Gasteiger partial charge in [0.25, 0.3) is 5.91 Å². The zero-order valence-corrected chi connectivity index (χ0v) is 14.1. The van der Waals surface area contributed by atoms with E-state index in [2.05, 4.69) is 15.3 Å². The number of aryl methyl sites for hydroxylation is 1. The molecule has 1 saturated heterocycles. The molecule has 1 unspecified atom stereocenters. The third kappa shape index (κ3) is 2.82. The molecule has 1 aromatic carbocycles. The van der Waals surface area contributed by atoms with Gasteiger partial charge in [-0.3, -0.25) is 4.79 Å². The van der Waals surface area contributed by atoms with Crippen LogP contribution in [0.2, 0.25) is 0 Å². The summed E-state index contributed by atoms with van der Waals surface area (Å²) in [4.78, 5) is 19.0. The van der Waals surface area contributed by atoms with Crippen LogP contribution in [0.5, 0.6) is 0 Å². The Morgan fingerprint density at radius 2 is 2.12 bits per heavy atom. The summed E-state index contributed by atoms with van der Waals surface area (Å²) in [5, 5.41) is 11.0. The van der Waals surface area contributed by atoms with Crippen molar-refractivity contribution in [2.75, 3.05) is 13.1 Å². The first-order valence-electron chi connectivity index (χ1n) is 7.88. The lowest BCUT2D eigenvalue weighted by molar-refractivity contribution is 0.0787. The van der Waals surface area contributed by atoms with Gasteiger partial charge in [0.2, 0.25) is 0 Å². The fraction of sp³-hybridized carbons (Fsp3) is 0.294. The van der Waals surface area contributed by atoms with Crippen LogP contribution in [0, 0.1) is 6.92 Å². The first-order valence-corrected chi connectivity index (χ1v) is 8.76. The molecular formula is C17H17N5OS. The first-order chi connectivity index (χ1) is 11.7. The minimum Gasteiger partial charge on any atom is -0.336 e. The number of carbonyl (C=O) groups excluding carboxylic acids is 1. The molecule has 0 N–H and O–H groups in total. The average molecular weight is 339 g/mol. The number of carbonyl (C=O) groups is 1. The second-order valence-corrected chi connectivity index (χ2v) is 6.97. The molecule has 0 aliphatic carbocycles. The number of hydrogen-bond acceptors (Lipinski definition) is 5. The van der Waals surface area contributed by atoms with E-state index in [9.17, 15) is 4.79 Å². The molecule has 1 amide bonds. The topological polar surface area (TPSA) is 63.9 Å². The van der Waals surface area contributed by atoms with Crippen molar-refractivity contribution < 1.29 is 4.79 Å². The lowest BCUT2D eigenvalue weighted by Gasteiger charge is -2.16. The smallest absolute Gasteiger partial charge is 0.253 e. The van der Waals surface area contributed by atoms with Gasteiger partial charge in [0, 0.05) is 35.8 Å². The predicted molar refractivity (Wildman–Crippen MR) is 91.9 cm³/mol. The monoisotopic (exact) mass is 339 g/mol. The second kappa shape index (κ2) is 6.16. The van der Waals surface area contributed by atoms with Crippen molar-refractivity contribution in [2.45, 2.75) is 19.4 Å². The fourth-order valence-electron chi connectivity index (χ4n) is 3.02. The van der Waals surface area contributed by atoms with Crippen molar-refractivity contribution in [1.82, 2.24) is 24.9 Å². The number of likely N-dealkylation sites (tertiary alicyclic amines) is 1. The van der Waals surface area contributed by atoms with Gasteiger partial charge in [-0.15, -0.1) is 16.4 Å². The lowest BCUT2D eigenvalue weighted by atomic mass is 10.1. The molecule has 122 valence electrons. The number of aromatic nitrogens is 4. The van der Waals surface area contributed by atoms with E-state index in [1.165, 1.54) is 0 Å². The number of benzene rings is 1. The normalized spacial score (nSPS) is 17.4. The second-order valence-electron chi connectivity index (χ2n) is 5.91. The summed E-state index contributed by atoms with van der Waals surface area (Å²) in [7, 11) is 0. The molecule has 0 spiro atoms. The van der Waals surface area contributed by atoms with Crippen LogP contribution in [0.3, 0.4) is 0 Å². The van der Waals surface area contributed by atoms with E-state index in [0.717, 1.165) is 29.2 Å². The van der Waals surface area contributed by atoms with Gasteiger partial charge < -0.3 is 4.90 Å². The molecule has 1 aliphatic heterocycles. The third-order valence-electron chi connectivity index (χ3n) is 4.31. The summed E-state index contributed by atoms with van der Waals surface area (Å²) in [5.41, 5.74) is 2.71. The van der Waals surface area contributed by atoms with Crippen molar-refractivity contribution in [3.05, 3.63) is 52.6 Å². The molecule has 24 heavy (non-hydrogen) atoms. The highest BCUT2D eigenvalue weighted by Gasteiger charge is 2.28. The zero-order valence-electron chi connectivity index (χ0n) is 13.3. The standard InChI is InChI=1S/C17H17N5OS/c1-12-19-16(11-24-12)13-2-4-14(5-3-13)17(23)21-8-6-15(10-21)22-9-7-18-20-22/h2-5,7,9,11,15H,6,8,10H2,1H3. The molecule has 7 heteroatoms. The van der Waals surface area contributed by atoms with Gasteiger partial charge in [-0.1, -0.05) is 17.3 Å². The Hall–Kier alpha value is -2.54. The van der Waals surface area contributed by atoms with Crippen LogP contribution >= 0.6 is 11.3 Å². The highest BCUT2D eigenvalue weighted by Crippen LogP contribution is 2.24. The SMILES string of the molecule is Cc1nc(-c2ccc(C(=O)N3CCC(n4ccnn4)C3)cc2)cs1. The molecule has 0 radical (unpaired) electrons. The number of nitrogens with zero attached hydrogens (tertiary/aromatic N) is 5. The number of thiazole rings is 1. The number of rotatable bonds is 3. The molecule has 1 fully saturated rings. The van der Waals surface area contributed by atoms with Gasteiger partial charge in [-0.05, 0) is 25.5 Å². The van der Waals surface area contributed by atoms with Gasteiger partial charge in [0.15, 0.2) is 0 Å². The van der Waals surface area contributed by atoms with Crippen LogP contribution in [0.15, 0.2) is 42.0 Å². The Balaban J connectivity index is 1.47. The zero-order chi connectivity index (χ0) is 16.5. The average Bonchev–Trinajstić information content (AvgIpc) is 3.35. The molecule has 4 rings (SSSR count). The van der Waals surface area contributed by atoms with Crippen LogP contribution in [0.25, 0.3) is 11.3 Å². The summed E-state index contributed by atoms with van der Waals surface area (Å²) in [6.07, 6.45) is 4.43. The van der Waals surface area contributed by atoms with Crippen molar-refractivity contribution in [3.63, 3.8) is 0 Å². The summed E-state index contributed by atoms with van der Waals surface area (Å²) >= 11 is 1.63. The summed E-state index contributed by atoms with van der Waals surface area (Å²) < 4.78 is 1.83. The van der Waals surface area contributed by atoms with E-state index >= 15 is 0 Å². The molecule has 0 saturated carbocycles. The Kier molecular flexibility index (Phi) is 3.86. The number of amides is 1. The van der Waals surface area contributed by atoms with Gasteiger partial charge >= 0.3 is 0 Å². The molecular weight excluding hydrogens is 322 g/mol. The van der Waals surface area contributed by atoms with Crippen LogP contribution in [0.1, 0.15) is 27.8 Å². The Labute approximate surface area is 143 Å². The lowest BCUT2D eigenvalue weighted by Crippen LogP contribution is -2.29. The van der Waals surface area contributed by atoms with E-state index in [1.807, 2.05) is 52.3 Å². The van der Waals surface area contributed by atoms with Gasteiger partial charge in [0.05, 0.1) is 22.9 Å². The van der Waals surface area contributed by atoms with Gasteiger partial charge in [-0.2, -0.15) is 0 Å². The van der Waals surface area contributed by atoms with E-state index < -0.39 is 0 Å². The Bertz CT molecular complexity index is 840. The first kappa shape index (κ1) is 15.0. The summed E-state index contributed by atoms with van der Waals surface area (Å²) in [5.74, 6) is 0.0682. The van der Waals surface area contributed by atoms with Crippen molar-refractivity contribution in [2.24, 2.45) is 0 Å². The van der Waals surface area contributed by atoms with E-state index in [4.69, 9.17) is 0 Å². The predicted octanol–water partition coefficient (Wildman–Crippen LogP) is 2.80. The Morgan fingerprint density at radius 1 is 1.29 bits per heavy atom. The van der Waals surface area contributed by atoms with Crippen LogP contribution in [-0.2, 0) is 0 Å². The maximum atomic E-state index is 12.7. The van der Waals surface area contributed by atoms with E-state index in [-0.39, 0.29) is 11.9 Å². The maximum absolute atomic E-state index is 12.7. The quantitative estimate of drug-likeness (QED) is 0.736. The van der Waals surface area contributed by atoms with Crippen molar-refractivity contribution in [3.8, 4) is 11.3 Å². The highest BCUT2D eigenvalue weighted by molar-refractivity contribution is 7.09. The minimum absolute atomic E-state index is 0.0682. The highest BCUT2D eigenvalue weighted by atomic mass is 32.1. The van der Waals surface area contributed by atoms with Crippen molar-refractivity contribution in [1.29, 1.82) is 0 Å². The largest absolute Gasteiger partial charge is 0.336 e. The van der Waals surface area contributed by atoms with Crippen LogP contribution in [-0.4, -0.2) is 43.9 Å². The molecule has 1 atom stereocenters. The van der Waals surface area contributed by atoms with Crippen LogP contribution < -0.4 is 0 Å². The van der Waals surface area contributed by atoms with E-state index in [1.54, 1.807) is 17.5 Å². The minimum atomic E-state index is 0.0682. The summed E-state index contributed by atoms with van der Waals surface area (Å²) in [6, 6.07) is 7.91. The Morgan fingerprint density at radius 3 is 2.79 bits per heavy atom. The van der Waals surface area contributed by atoms with Gasteiger partial charge in [0.1, 0.15) is 0 Å². The van der Waals surface area contributed by atoms with E-state index in [0.29, 0.717) is 12.1 Å². The van der Waals surface area contributed by atoms with Crippen LogP contribution in [0.4, 0.5) is 0 Å². The molecule has 1 aliphatic rings. The molecule has 0 bridgehead atoms. The molecule has 3 aromatic rings. The van der Waals surface area contributed by atoms with Gasteiger partial charge in [-0.25, -0.2) is 9.67 Å². The third-order valence-corrected chi connectivity index (χ3v) is 5.09. The van der Waals surface area contributed by atoms with Crippen molar-refractivity contribution >= 4 is 17.2 Å². The molecule has 2 aromatic heterocycles. The molecule has 3 heterocycles.